The summed E-state index contributed by atoms with van der Waals surface area (Å²) in [6.07, 6.45) is 1.56. The van der Waals surface area contributed by atoms with Gasteiger partial charge in [-0.15, -0.1) is 0 Å². The summed E-state index contributed by atoms with van der Waals surface area (Å²) in [6, 6.07) is 9.29. The third-order valence-electron chi connectivity index (χ3n) is 3.50. The smallest absolute Gasteiger partial charge is 0.293 e. The molecule has 0 aromatic heterocycles. The number of thioether (sulfide) groups is 1. The molecular formula is C17H10Br2FNO3S. The molecule has 0 spiro atoms. The summed E-state index contributed by atoms with van der Waals surface area (Å²) in [6.45, 7) is -0.113. The summed E-state index contributed by atoms with van der Waals surface area (Å²) < 4.78 is 14.7. The van der Waals surface area contributed by atoms with Crippen LogP contribution in [-0.2, 0) is 11.3 Å². The second-order valence-corrected chi connectivity index (χ2v) is 7.89. The zero-order chi connectivity index (χ0) is 18.1. The van der Waals surface area contributed by atoms with Crippen LogP contribution in [0.4, 0.5) is 9.18 Å². The zero-order valence-corrected chi connectivity index (χ0v) is 16.5. The first-order chi connectivity index (χ1) is 11.9. The number of aromatic hydroxyl groups is 1. The van der Waals surface area contributed by atoms with Crippen LogP contribution in [-0.4, -0.2) is 21.2 Å². The van der Waals surface area contributed by atoms with Crippen LogP contribution in [0.5, 0.6) is 5.75 Å². The molecule has 0 atom stereocenters. The monoisotopic (exact) mass is 485 g/mol. The topological polar surface area (TPSA) is 57.6 Å². The molecule has 0 saturated carbocycles. The fourth-order valence-corrected chi connectivity index (χ4v) is 4.31. The van der Waals surface area contributed by atoms with Gasteiger partial charge in [0.05, 0.1) is 20.4 Å². The van der Waals surface area contributed by atoms with E-state index in [2.05, 4.69) is 31.9 Å². The van der Waals surface area contributed by atoms with E-state index in [0.29, 0.717) is 14.5 Å². The number of carbonyl (C=O) groups is 2. The van der Waals surface area contributed by atoms with Crippen molar-refractivity contribution in [3.8, 4) is 5.75 Å². The Morgan fingerprint density at radius 2 is 1.80 bits per heavy atom. The van der Waals surface area contributed by atoms with Gasteiger partial charge >= 0.3 is 0 Å². The highest BCUT2D eigenvalue weighted by Crippen LogP contribution is 2.37. The van der Waals surface area contributed by atoms with Crippen LogP contribution in [0.15, 0.2) is 50.2 Å². The van der Waals surface area contributed by atoms with Gasteiger partial charge in [0.25, 0.3) is 11.1 Å². The molecule has 2 aromatic carbocycles. The molecule has 1 fully saturated rings. The van der Waals surface area contributed by atoms with Crippen LogP contribution >= 0.6 is 43.6 Å². The van der Waals surface area contributed by atoms with Gasteiger partial charge < -0.3 is 5.11 Å². The van der Waals surface area contributed by atoms with Gasteiger partial charge in [-0.25, -0.2) is 4.39 Å². The highest BCUT2D eigenvalue weighted by Gasteiger charge is 2.35. The number of carbonyl (C=O) groups excluding carboxylic acids is 2. The molecule has 128 valence electrons. The number of phenols is 1. The zero-order valence-electron chi connectivity index (χ0n) is 12.5. The van der Waals surface area contributed by atoms with Crippen LogP contribution in [0.3, 0.4) is 0 Å². The second-order valence-electron chi connectivity index (χ2n) is 5.19. The molecular weight excluding hydrogens is 477 g/mol. The number of phenolic OH excluding ortho intramolecular Hbond substituents is 1. The van der Waals surface area contributed by atoms with Gasteiger partial charge in [-0.3, -0.25) is 14.5 Å². The Morgan fingerprint density at radius 3 is 2.44 bits per heavy atom. The molecule has 2 amide bonds. The highest BCUT2D eigenvalue weighted by atomic mass is 79.9. The Labute approximate surface area is 164 Å². The summed E-state index contributed by atoms with van der Waals surface area (Å²) in [7, 11) is 0. The maximum absolute atomic E-state index is 13.8. The number of halogens is 3. The number of nitrogens with zero attached hydrogens (tertiary/aromatic N) is 1. The van der Waals surface area contributed by atoms with Crippen molar-refractivity contribution in [1.29, 1.82) is 0 Å². The minimum absolute atomic E-state index is 0.0461. The molecule has 1 N–H and O–H groups in total. The van der Waals surface area contributed by atoms with Crippen LogP contribution in [0.25, 0.3) is 6.08 Å². The van der Waals surface area contributed by atoms with E-state index in [4.69, 9.17) is 0 Å². The van der Waals surface area contributed by atoms with Gasteiger partial charge in [-0.2, -0.15) is 0 Å². The maximum atomic E-state index is 13.8. The van der Waals surface area contributed by atoms with E-state index >= 15 is 0 Å². The molecule has 0 aliphatic carbocycles. The standard InChI is InChI=1S/C17H10Br2FNO3S/c18-11-5-9(6-12(19)15(11)22)7-14-16(23)21(17(24)25-14)8-10-3-1-2-4-13(10)20/h1-7,22H,8H2/b14-7-. The maximum Gasteiger partial charge on any atom is 0.293 e. The Hall–Kier alpha value is -1.64. The molecule has 8 heteroatoms. The largest absolute Gasteiger partial charge is 0.506 e. The molecule has 1 aliphatic heterocycles. The molecule has 3 rings (SSSR count). The second kappa shape index (κ2) is 7.31. The van der Waals surface area contributed by atoms with E-state index in [1.165, 1.54) is 12.1 Å². The van der Waals surface area contributed by atoms with Gasteiger partial charge in [-0.05, 0) is 73.5 Å². The van der Waals surface area contributed by atoms with Crippen LogP contribution in [0.2, 0.25) is 0 Å². The van der Waals surface area contributed by atoms with Crippen molar-refractivity contribution < 1.29 is 19.1 Å². The number of amides is 2. The molecule has 1 aliphatic rings. The van der Waals surface area contributed by atoms with E-state index in [-0.39, 0.29) is 22.8 Å². The number of rotatable bonds is 3. The lowest BCUT2D eigenvalue weighted by Gasteiger charge is -2.12. The average Bonchev–Trinajstić information content (AvgIpc) is 2.82. The van der Waals surface area contributed by atoms with Crippen molar-refractivity contribution in [2.24, 2.45) is 0 Å². The minimum Gasteiger partial charge on any atom is -0.506 e. The Bertz CT molecular complexity index is 894. The van der Waals surface area contributed by atoms with E-state index in [9.17, 15) is 19.1 Å². The van der Waals surface area contributed by atoms with E-state index in [1.54, 1.807) is 30.3 Å². The number of imide groups is 1. The van der Waals surface area contributed by atoms with Crippen molar-refractivity contribution in [3.63, 3.8) is 0 Å². The fourth-order valence-electron chi connectivity index (χ4n) is 2.25. The minimum atomic E-state index is -0.474. The quantitative estimate of drug-likeness (QED) is 0.598. The SMILES string of the molecule is O=C1S/C(=C\c2cc(Br)c(O)c(Br)c2)C(=O)N1Cc1ccccc1F. The Kier molecular flexibility index (Phi) is 5.31. The fraction of sp³-hybridized carbons (Fsp3) is 0.0588. The first-order valence-electron chi connectivity index (χ1n) is 7.03. The van der Waals surface area contributed by atoms with Crippen LogP contribution in [0, 0.1) is 5.82 Å². The van der Waals surface area contributed by atoms with Crippen LogP contribution in [0.1, 0.15) is 11.1 Å². The molecule has 1 saturated heterocycles. The average molecular weight is 487 g/mol. The molecule has 25 heavy (non-hydrogen) atoms. The van der Waals surface area contributed by atoms with Gasteiger partial charge in [0.2, 0.25) is 0 Å². The third-order valence-corrected chi connectivity index (χ3v) is 5.61. The lowest BCUT2D eigenvalue weighted by Crippen LogP contribution is -2.27. The summed E-state index contributed by atoms with van der Waals surface area (Å²) in [5.41, 5.74) is 0.911. The predicted molar refractivity (Wildman–Crippen MR) is 101 cm³/mol. The molecule has 0 bridgehead atoms. The van der Waals surface area contributed by atoms with Crippen LogP contribution < -0.4 is 0 Å². The van der Waals surface area contributed by atoms with Gasteiger partial charge in [-0.1, -0.05) is 18.2 Å². The number of benzene rings is 2. The molecule has 0 radical (unpaired) electrons. The third kappa shape index (κ3) is 3.80. The Morgan fingerprint density at radius 1 is 1.16 bits per heavy atom. The number of hydrogen-bond acceptors (Lipinski definition) is 4. The van der Waals surface area contributed by atoms with E-state index in [1.807, 2.05) is 0 Å². The highest BCUT2D eigenvalue weighted by molar-refractivity contribution is 9.11. The molecule has 4 nitrogen and oxygen atoms in total. The summed E-state index contributed by atoms with van der Waals surface area (Å²) in [5, 5.41) is 9.29. The van der Waals surface area contributed by atoms with Crippen molar-refractivity contribution in [1.82, 2.24) is 4.90 Å². The van der Waals surface area contributed by atoms with Crippen molar-refractivity contribution in [2.75, 3.05) is 0 Å². The number of hydrogen-bond donors (Lipinski definition) is 1. The first kappa shape index (κ1) is 18.2. The summed E-state index contributed by atoms with van der Waals surface area (Å²) in [5.74, 6) is -0.889. The van der Waals surface area contributed by atoms with E-state index < -0.39 is 17.0 Å². The Balaban J connectivity index is 1.87. The molecule has 2 aromatic rings. The van der Waals surface area contributed by atoms with Gasteiger partial charge in [0.1, 0.15) is 11.6 Å². The predicted octanol–water partition coefficient (Wildman–Crippen LogP) is 5.29. The summed E-state index contributed by atoms with van der Waals surface area (Å²) in [4.78, 5) is 25.9. The molecule has 0 unspecified atom stereocenters. The van der Waals surface area contributed by atoms with Gasteiger partial charge in [0, 0.05) is 5.56 Å². The lowest BCUT2D eigenvalue weighted by molar-refractivity contribution is -0.123. The summed E-state index contributed by atoms with van der Waals surface area (Å²) >= 11 is 7.24. The normalized spacial score (nSPS) is 16.1. The van der Waals surface area contributed by atoms with Crippen molar-refractivity contribution in [2.45, 2.75) is 6.54 Å². The first-order valence-corrected chi connectivity index (χ1v) is 9.44. The van der Waals surface area contributed by atoms with Crippen molar-refractivity contribution >= 4 is 60.8 Å². The van der Waals surface area contributed by atoms with E-state index in [0.717, 1.165) is 16.7 Å². The molecule has 1 heterocycles. The lowest BCUT2D eigenvalue weighted by atomic mass is 10.2. The van der Waals surface area contributed by atoms with Gasteiger partial charge in [0.15, 0.2) is 0 Å². The van der Waals surface area contributed by atoms with Crippen molar-refractivity contribution in [3.05, 3.63) is 67.2 Å².